The van der Waals surface area contributed by atoms with Crippen molar-refractivity contribution in [3.63, 3.8) is 0 Å². The zero-order valence-electron chi connectivity index (χ0n) is 10.7. The molecule has 0 aliphatic heterocycles. The van der Waals surface area contributed by atoms with E-state index in [1.165, 1.54) is 10.9 Å². The monoisotopic (exact) mass is 344 g/mol. The Morgan fingerprint density at radius 2 is 2.26 bits per heavy atom. The molecule has 5 nitrogen and oxygen atoms in total. The Balaban J connectivity index is 2.25. The maximum Gasteiger partial charge on any atom is 0.269 e. The van der Waals surface area contributed by atoms with Crippen LogP contribution >= 0.6 is 27.5 Å². The van der Waals surface area contributed by atoms with E-state index >= 15 is 0 Å². The highest BCUT2D eigenvalue weighted by Gasteiger charge is 2.09. The van der Waals surface area contributed by atoms with Gasteiger partial charge in [-0.05, 0) is 35.3 Å². The van der Waals surface area contributed by atoms with Crippen LogP contribution in [0.15, 0.2) is 27.9 Å². The molecule has 0 aromatic carbocycles. The fraction of sp³-hybridized carbons (Fsp3) is 0.417. The van der Waals surface area contributed by atoms with Crippen molar-refractivity contribution < 1.29 is 0 Å². The van der Waals surface area contributed by atoms with Crippen LogP contribution in [0.5, 0.6) is 0 Å². The van der Waals surface area contributed by atoms with Crippen molar-refractivity contribution in [2.75, 3.05) is 0 Å². The lowest BCUT2D eigenvalue weighted by atomic mass is 10.3. The molecule has 0 spiro atoms. The van der Waals surface area contributed by atoms with Crippen LogP contribution in [0, 0.1) is 0 Å². The average Bonchev–Trinajstić information content (AvgIpc) is 2.87. The molecule has 2 heterocycles. The summed E-state index contributed by atoms with van der Waals surface area (Å²) in [6, 6.07) is 2.25. The van der Waals surface area contributed by atoms with Crippen molar-refractivity contribution in [3.05, 3.63) is 44.3 Å². The Bertz CT molecular complexity index is 637. The maximum absolute atomic E-state index is 11.9. The molecule has 0 fully saturated rings. The molecule has 0 aliphatic rings. The first-order valence-corrected chi connectivity index (χ1v) is 7.14. The molecular formula is C12H14BrClN4O. The second-order valence-electron chi connectivity index (χ2n) is 4.33. The number of hydrogen-bond donors (Lipinski definition) is 0. The van der Waals surface area contributed by atoms with Crippen molar-refractivity contribution in [1.82, 2.24) is 19.3 Å². The summed E-state index contributed by atoms with van der Waals surface area (Å²) in [5.74, 6) is 0. The average molecular weight is 346 g/mol. The summed E-state index contributed by atoms with van der Waals surface area (Å²) in [5, 5.41) is 4.62. The SMILES string of the molecule is CCC(C)n1ccc(Cn2cnc(Cl)c(Br)c2=O)n1. The van der Waals surface area contributed by atoms with Crippen molar-refractivity contribution in [1.29, 1.82) is 0 Å². The van der Waals surface area contributed by atoms with Gasteiger partial charge in [-0.25, -0.2) is 4.98 Å². The lowest BCUT2D eigenvalue weighted by Gasteiger charge is -2.08. The third-order valence-electron chi connectivity index (χ3n) is 2.98. The third-order valence-corrected chi connectivity index (χ3v) is 4.21. The van der Waals surface area contributed by atoms with E-state index in [9.17, 15) is 4.79 Å². The highest BCUT2D eigenvalue weighted by Crippen LogP contribution is 2.14. The van der Waals surface area contributed by atoms with Crippen LogP contribution in [0.25, 0.3) is 0 Å². The Morgan fingerprint density at radius 3 is 2.95 bits per heavy atom. The Kier molecular flexibility index (Phi) is 4.42. The van der Waals surface area contributed by atoms with Gasteiger partial charge in [0.25, 0.3) is 5.56 Å². The van der Waals surface area contributed by atoms with Crippen molar-refractivity contribution in [2.45, 2.75) is 32.9 Å². The topological polar surface area (TPSA) is 52.7 Å². The molecule has 102 valence electrons. The fourth-order valence-corrected chi connectivity index (χ4v) is 2.08. The van der Waals surface area contributed by atoms with Crippen LogP contribution in [-0.4, -0.2) is 19.3 Å². The molecule has 0 saturated heterocycles. The van der Waals surface area contributed by atoms with Crippen LogP contribution in [-0.2, 0) is 6.54 Å². The van der Waals surface area contributed by atoms with E-state index in [2.05, 4.69) is 39.9 Å². The number of halogens is 2. The van der Waals surface area contributed by atoms with Gasteiger partial charge in [0.05, 0.1) is 18.6 Å². The summed E-state index contributed by atoms with van der Waals surface area (Å²) in [5.41, 5.74) is 0.608. The summed E-state index contributed by atoms with van der Waals surface area (Å²) >= 11 is 8.89. The van der Waals surface area contributed by atoms with Gasteiger partial charge in [-0.15, -0.1) is 0 Å². The lowest BCUT2D eigenvalue weighted by Crippen LogP contribution is -2.22. The van der Waals surface area contributed by atoms with Gasteiger partial charge in [0.1, 0.15) is 4.47 Å². The number of hydrogen-bond acceptors (Lipinski definition) is 3. The van der Waals surface area contributed by atoms with E-state index in [0.717, 1.165) is 12.1 Å². The molecule has 2 aromatic heterocycles. The number of rotatable bonds is 4. The second-order valence-corrected chi connectivity index (χ2v) is 5.48. The minimum Gasteiger partial charge on any atom is -0.292 e. The van der Waals surface area contributed by atoms with Crippen molar-refractivity contribution >= 4 is 27.5 Å². The van der Waals surface area contributed by atoms with Crippen LogP contribution in [0.4, 0.5) is 0 Å². The van der Waals surface area contributed by atoms with Gasteiger partial charge in [-0.3, -0.25) is 14.0 Å². The smallest absolute Gasteiger partial charge is 0.269 e. The number of aromatic nitrogens is 4. The van der Waals surface area contributed by atoms with Gasteiger partial charge >= 0.3 is 0 Å². The molecule has 0 bridgehead atoms. The lowest BCUT2D eigenvalue weighted by molar-refractivity contribution is 0.471. The first-order chi connectivity index (χ1) is 9.02. The largest absolute Gasteiger partial charge is 0.292 e. The highest BCUT2D eigenvalue weighted by atomic mass is 79.9. The van der Waals surface area contributed by atoms with Gasteiger partial charge in [0, 0.05) is 12.2 Å². The molecule has 2 rings (SSSR count). The van der Waals surface area contributed by atoms with Gasteiger partial charge in [0.2, 0.25) is 0 Å². The zero-order valence-corrected chi connectivity index (χ0v) is 13.0. The number of nitrogens with zero attached hydrogens (tertiary/aromatic N) is 4. The summed E-state index contributed by atoms with van der Waals surface area (Å²) in [4.78, 5) is 15.9. The predicted octanol–water partition coefficient (Wildman–Crippen LogP) is 2.88. The van der Waals surface area contributed by atoms with Gasteiger partial charge < -0.3 is 0 Å². The van der Waals surface area contributed by atoms with Gasteiger partial charge in [0.15, 0.2) is 5.15 Å². The first kappa shape index (κ1) is 14.3. The van der Waals surface area contributed by atoms with Crippen LogP contribution < -0.4 is 5.56 Å². The zero-order chi connectivity index (χ0) is 14.0. The van der Waals surface area contributed by atoms with Crippen molar-refractivity contribution in [3.8, 4) is 0 Å². The molecule has 0 radical (unpaired) electrons. The molecule has 19 heavy (non-hydrogen) atoms. The van der Waals surface area contributed by atoms with E-state index in [1.807, 2.05) is 16.9 Å². The maximum atomic E-state index is 11.9. The van der Waals surface area contributed by atoms with E-state index in [4.69, 9.17) is 11.6 Å². The molecule has 0 N–H and O–H groups in total. The summed E-state index contributed by atoms with van der Waals surface area (Å²) < 4.78 is 3.65. The van der Waals surface area contributed by atoms with Crippen LogP contribution in [0.3, 0.4) is 0 Å². The Morgan fingerprint density at radius 1 is 1.53 bits per heavy atom. The fourth-order valence-electron chi connectivity index (χ4n) is 1.63. The molecule has 2 aromatic rings. The van der Waals surface area contributed by atoms with E-state index in [-0.39, 0.29) is 15.2 Å². The van der Waals surface area contributed by atoms with Gasteiger partial charge in [-0.1, -0.05) is 18.5 Å². The molecule has 0 amide bonds. The second kappa shape index (κ2) is 5.88. The van der Waals surface area contributed by atoms with Crippen LogP contribution in [0.1, 0.15) is 32.0 Å². The van der Waals surface area contributed by atoms with Crippen molar-refractivity contribution in [2.24, 2.45) is 0 Å². The summed E-state index contributed by atoms with van der Waals surface area (Å²) in [7, 11) is 0. The Hall–Kier alpha value is -1.14. The normalized spacial score (nSPS) is 12.6. The quantitative estimate of drug-likeness (QED) is 0.801. The molecule has 0 saturated carbocycles. The highest BCUT2D eigenvalue weighted by molar-refractivity contribution is 9.10. The predicted molar refractivity (Wildman–Crippen MR) is 77.5 cm³/mol. The minimum absolute atomic E-state index is 0.173. The molecule has 1 atom stereocenters. The summed E-state index contributed by atoms with van der Waals surface area (Å²) in [6.07, 6.45) is 4.36. The molecular weight excluding hydrogens is 332 g/mol. The van der Waals surface area contributed by atoms with E-state index in [0.29, 0.717) is 12.6 Å². The molecule has 7 heteroatoms. The van der Waals surface area contributed by atoms with E-state index in [1.54, 1.807) is 0 Å². The molecule has 0 aliphatic carbocycles. The van der Waals surface area contributed by atoms with Crippen LogP contribution in [0.2, 0.25) is 5.15 Å². The van der Waals surface area contributed by atoms with Gasteiger partial charge in [-0.2, -0.15) is 5.10 Å². The third kappa shape index (κ3) is 3.06. The van der Waals surface area contributed by atoms with E-state index < -0.39 is 0 Å². The Labute approximate surface area is 124 Å². The summed E-state index contributed by atoms with van der Waals surface area (Å²) in [6.45, 7) is 4.59. The first-order valence-electron chi connectivity index (χ1n) is 5.97. The molecule has 1 unspecified atom stereocenters. The minimum atomic E-state index is -0.210. The standard InChI is InChI=1S/C12H14BrClN4O/c1-3-8(2)18-5-4-9(16-18)6-17-7-15-11(14)10(13)12(17)19/h4-5,7-8H,3,6H2,1-2H3.